The Morgan fingerprint density at radius 2 is 2.06 bits per heavy atom. The molecule has 0 amide bonds. The third kappa shape index (κ3) is 4.70. The molecule has 3 heteroatoms. The average Bonchev–Trinajstić information content (AvgIpc) is 3.14. The van der Waals surface area contributed by atoms with Crippen molar-refractivity contribution in [1.29, 1.82) is 0 Å². The fourth-order valence-corrected chi connectivity index (χ4v) is 2.86. The first-order chi connectivity index (χ1) is 8.25. The first kappa shape index (κ1) is 12.9. The summed E-state index contributed by atoms with van der Waals surface area (Å²) in [7, 11) is 2.09. The van der Waals surface area contributed by atoms with Gasteiger partial charge < -0.3 is 10.0 Å². The quantitative estimate of drug-likeness (QED) is 0.753. The van der Waals surface area contributed by atoms with Crippen molar-refractivity contribution in [1.82, 2.24) is 4.90 Å². The summed E-state index contributed by atoms with van der Waals surface area (Å²) in [6.07, 6.45) is 2.32. The number of hydrogen-bond donors (Lipinski definition) is 1. The van der Waals surface area contributed by atoms with Crippen molar-refractivity contribution in [2.75, 3.05) is 25.9 Å². The SMILES string of the molecule is CN(CCSc1ccccc1)CC(O)C1CC1. The first-order valence-electron chi connectivity index (χ1n) is 6.30. The highest BCUT2D eigenvalue weighted by atomic mass is 32.2. The van der Waals surface area contributed by atoms with Gasteiger partial charge in [0.15, 0.2) is 0 Å². The van der Waals surface area contributed by atoms with Crippen LogP contribution >= 0.6 is 11.8 Å². The molecular formula is C14H21NOS. The summed E-state index contributed by atoms with van der Waals surface area (Å²) in [6.45, 7) is 1.85. The van der Waals surface area contributed by atoms with E-state index in [-0.39, 0.29) is 6.10 Å². The third-order valence-electron chi connectivity index (χ3n) is 3.15. The molecule has 0 aromatic heterocycles. The fraction of sp³-hybridized carbons (Fsp3) is 0.571. The van der Waals surface area contributed by atoms with Crippen molar-refractivity contribution in [3.63, 3.8) is 0 Å². The zero-order valence-corrected chi connectivity index (χ0v) is 11.2. The molecule has 1 N–H and O–H groups in total. The molecule has 1 atom stereocenters. The topological polar surface area (TPSA) is 23.5 Å². The minimum Gasteiger partial charge on any atom is -0.392 e. The molecule has 17 heavy (non-hydrogen) atoms. The minimum atomic E-state index is -0.110. The van der Waals surface area contributed by atoms with Crippen molar-refractivity contribution < 1.29 is 5.11 Å². The number of aliphatic hydroxyl groups is 1. The lowest BCUT2D eigenvalue weighted by Gasteiger charge is -2.20. The molecule has 0 bridgehead atoms. The molecule has 1 aromatic carbocycles. The lowest BCUT2D eigenvalue weighted by molar-refractivity contribution is 0.109. The van der Waals surface area contributed by atoms with E-state index in [1.807, 2.05) is 17.8 Å². The van der Waals surface area contributed by atoms with E-state index in [1.54, 1.807) is 0 Å². The van der Waals surface area contributed by atoms with E-state index in [9.17, 15) is 5.11 Å². The van der Waals surface area contributed by atoms with Crippen molar-refractivity contribution >= 4 is 11.8 Å². The van der Waals surface area contributed by atoms with Crippen LogP contribution in [-0.4, -0.2) is 42.0 Å². The fourth-order valence-electron chi connectivity index (χ4n) is 1.88. The summed E-state index contributed by atoms with van der Waals surface area (Å²) in [5.74, 6) is 1.66. The van der Waals surface area contributed by atoms with Crippen molar-refractivity contribution in [3.8, 4) is 0 Å². The predicted octanol–water partition coefficient (Wildman–Crippen LogP) is 2.48. The third-order valence-corrected chi connectivity index (χ3v) is 4.14. The summed E-state index contributed by atoms with van der Waals surface area (Å²) in [5.41, 5.74) is 0. The molecule has 1 saturated carbocycles. The van der Waals surface area contributed by atoms with Gasteiger partial charge in [0.05, 0.1) is 6.10 Å². The minimum absolute atomic E-state index is 0.110. The molecule has 0 heterocycles. The summed E-state index contributed by atoms with van der Waals surface area (Å²) in [4.78, 5) is 3.56. The molecule has 1 aliphatic rings. The monoisotopic (exact) mass is 251 g/mol. The molecule has 94 valence electrons. The molecule has 0 aliphatic heterocycles. The summed E-state index contributed by atoms with van der Waals surface area (Å²) in [5, 5.41) is 9.83. The Morgan fingerprint density at radius 1 is 1.35 bits per heavy atom. The highest BCUT2D eigenvalue weighted by molar-refractivity contribution is 7.99. The maximum absolute atomic E-state index is 9.83. The number of thioether (sulfide) groups is 1. The number of likely N-dealkylation sites (N-methyl/N-ethyl adjacent to an activating group) is 1. The van der Waals surface area contributed by atoms with E-state index in [0.29, 0.717) is 5.92 Å². The zero-order valence-electron chi connectivity index (χ0n) is 10.4. The van der Waals surface area contributed by atoms with E-state index in [0.717, 1.165) is 18.8 Å². The second-order valence-electron chi connectivity index (χ2n) is 4.83. The Labute approximate surface area is 108 Å². The first-order valence-corrected chi connectivity index (χ1v) is 7.29. The van der Waals surface area contributed by atoms with E-state index in [1.165, 1.54) is 17.7 Å². The molecular weight excluding hydrogens is 230 g/mol. The Bertz CT molecular complexity index is 326. The number of aliphatic hydroxyl groups excluding tert-OH is 1. The molecule has 1 unspecified atom stereocenters. The largest absolute Gasteiger partial charge is 0.392 e. The second-order valence-corrected chi connectivity index (χ2v) is 6.00. The van der Waals surface area contributed by atoms with Gasteiger partial charge in [-0.05, 0) is 37.9 Å². The van der Waals surface area contributed by atoms with Crippen molar-refractivity contribution in [3.05, 3.63) is 30.3 Å². The van der Waals surface area contributed by atoms with E-state index < -0.39 is 0 Å². The van der Waals surface area contributed by atoms with Crippen LogP contribution in [-0.2, 0) is 0 Å². The number of rotatable bonds is 7. The van der Waals surface area contributed by atoms with Gasteiger partial charge in [-0.2, -0.15) is 0 Å². The Kier molecular flexibility index (Phi) is 4.89. The molecule has 2 nitrogen and oxygen atoms in total. The van der Waals surface area contributed by atoms with Gasteiger partial charge in [-0.3, -0.25) is 0 Å². The standard InChI is InChI=1S/C14H21NOS/c1-15(11-14(16)12-7-8-12)9-10-17-13-5-3-2-4-6-13/h2-6,12,14,16H,7-11H2,1H3. The van der Waals surface area contributed by atoms with Gasteiger partial charge >= 0.3 is 0 Å². The van der Waals surface area contributed by atoms with Gasteiger partial charge in [-0.1, -0.05) is 18.2 Å². The summed E-state index contributed by atoms with van der Waals surface area (Å²) >= 11 is 1.88. The Hall–Kier alpha value is -0.510. The van der Waals surface area contributed by atoms with E-state index in [2.05, 4.69) is 36.2 Å². The molecule has 0 spiro atoms. The van der Waals surface area contributed by atoms with Gasteiger partial charge in [0.2, 0.25) is 0 Å². The summed E-state index contributed by atoms with van der Waals surface area (Å²) < 4.78 is 0. The zero-order chi connectivity index (χ0) is 12.1. The van der Waals surface area contributed by atoms with Crippen LogP contribution in [0.5, 0.6) is 0 Å². The molecule has 2 rings (SSSR count). The van der Waals surface area contributed by atoms with Crippen LogP contribution in [0.25, 0.3) is 0 Å². The van der Waals surface area contributed by atoms with Crippen molar-refractivity contribution in [2.45, 2.75) is 23.8 Å². The predicted molar refractivity (Wildman–Crippen MR) is 73.4 cm³/mol. The second kappa shape index (κ2) is 6.43. The molecule has 1 fully saturated rings. The Morgan fingerprint density at radius 3 is 2.71 bits per heavy atom. The van der Waals surface area contributed by atoms with Gasteiger partial charge in [0.1, 0.15) is 0 Å². The molecule has 0 radical (unpaired) electrons. The van der Waals surface area contributed by atoms with Crippen LogP contribution in [0, 0.1) is 5.92 Å². The van der Waals surface area contributed by atoms with Crippen LogP contribution in [0.15, 0.2) is 35.2 Å². The number of hydrogen-bond acceptors (Lipinski definition) is 3. The highest BCUT2D eigenvalue weighted by Crippen LogP contribution is 2.32. The Balaban J connectivity index is 1.61. The van der Waals surface area contributed by atoms with Gasteiger partial charge in [-0.25, -0.2) is 0 Å². The maximum Gasteiger partial charge on any atom is 0.0695 e. The molecule has 1 aliphatic carbocycles. The van der Waals surface area contributed by atoms with Crippen LogP contribution in [0.2, 0.25) is 0 Å². The van der Waals surface area contributed by atoms with Gasteiger partial charge in [0.25, 0.3) is 0 Å². The lowest BCUT2D eigenvalue weighted by Crippen LogP contribution is -2.31. The highest BCUT2D eigenvalue weighted by Gasteiger charge is 2.29. The average molecular weight is 251 g/mol. The summed E-state index contributed by atoms with van der Waals surface area (Å²) in [6, 6.07) is 10.5. The smallest absolute Gasteiger partial charge is 0.0695 e. The van der Waals surface area contributed by atoms with Crippen LogP contribution in [0.4, 0.5) is 0 Å². The van der Waals surface area contributed by atoms with E-state index >= 15 is 0 Å². The van der Waals surface area contributed by atoms with Gasteiger partial charge in [0, 0.05) is 23.7 Å². The number of nitrogens with zero attached hydrogens (tertiary/aromatic N) is 1. The van der Waals surface area contributed by atoms with E-state index in [4.69, 9.17) is 0 Å². The maximum atomic E-state index is 9.83. The lowest BCUT2D eigenvalue weighted by atomic mass is 10.2. The van der Waals surface area contributed by atoms with Crippen molar-refractivity contribution in [2.24, 2.45) is 5.92 Å². The van der Waals surface area contributed by atoms with Gasteiger partial charge in [-0.15, -0.1) is 11.8 Å². The molecule has 0 saturated heterocycles. The normalized spacial score (nSPS) is 17.4. The molecule has 1 aromatic rings. The van der Waals surface area contributed by atoms with Crippen LogP contribution in [0.3, 0.4) is 0 Å². The number of benzene rings is 1. The van der Waals surface area contributed by atoms with Crippen LogP contribution < -0.4 is 0 Å². The van der Waals surface area contributed by atoms with Crippen LogP contribution in [0.1, 0.15) is 12.8 Å².